The molecule has 0 saturated carbocycles. The minimum absolute atomic E-state index is 0.142. The zero-order valence-electron chi connectivity index (χ0n) is 15.5. The van der Waals surface area contributed by atoms with Crippen molar-refractivity contribution in [2.24, 2.45) is 5.92 Å². The maximum atomic E-state index is 14.9. The van der Waals surface area contributed by atoms with Crippen LogP contribution in [0.4, 0.5) is 4.39 Å². The van der Waals surface area contributed by atoms with Crippen LogP contribution in [-0.4, -0.2) is 5.78 Å². The van der Waals surface area contributed by atoms with E-state index in [9.17, 15) is 9.18 Å². The third-order valence-electron chi connectivity index (χ3n) is 6.86. The van der Waals surface area contributed by atoms with Crippen LogP contribution in [0, 0.1) is 11.7 Å². The van der Waals surface area contributed by atoms with Crippen molar-refractivity contribution in [1.82, 2.24) is 0 Å². The van der Waals surface area contributed by atoms with Crippen molar-refractivity contribution < 1.29 is 9.18 Å². The Balaban J connectivity index is 1.98. The quantitative estimate of drug-likeness (QED) is 0.591. The highest BCUT2D eigenvalue weighted by atomic mass is 19.1. The van der Waals surface area contributed by atoms with E-state index in [1.54, 1.807) is 12.1 Å². The van der Waals surface area contributed by atoms with E-state index in [4.69, 9.17) is 0 Å². The van der Waals surface area contributed by atoms with Crippen LogP contribution in [0.15, 0.2) is 57.7 Å². The van der Waals surface area contributed by atoms with Crippen molar-refractivity contribution in [1.29, 1.82) is 0 Å². The lowest BCUT2D eigenvalue weighted by molar-refractivity contribution is -0.119. The second kappa shape index (κ2) is 5.52. The Kier molecular flexibility index (Phi) is 3.64. The number of benzene rings is 1. The SMILES string of the molecule is CC1=C(C)CC2=C(C1)C(=O)[C@@H]1CC(C)=C(C)C[C@]21c1ccccc1F. The normalized spacial score (nSPS) is 29.3. The summed E-state index contributed by atoms with van der Waals surface area (Å²) in [6, 6.07) is 7.09. The van der Waals surface area contributed by atoms with Crippen molar-refractivity contribution in [3.8, 4) is 0 Å². The zero-order valence-corrected chi connectivity index (χ0v) is 15.5. The number of hydrogen-bond acceptors (Lipinski definition) is 1. The minimum atomic E-state index is -0.483. The Bertz CT molecular complexity index is 883. The Hall–Kier alpha value is -1.96. The topological polar surface area (TPSA) is 17.1 Å². The fourth-order valence-corrected chi connectivity index (χ4v) is 5.17. The summed E-state index contributed by atoms with van der Waals surface area (Å²) in [7, 11) is 0. The fraction of sp³-hybridized carbons (Fsp3) is 0.435. The van der Waals surface area contributed by atoms with Crippen molar-refractivity contribution in [2.75, 3.05) is 0 Å². The molecule has 1 nitrogen and oxygen atoms in total. The Labute approximate surface area is 149 Å². The van der Waals surface area contributed by atoms with Gasteiger partial charge in [-0.1, -0.05) is 40.5 Å². The first-order valence-corrected chi connectivity index (χ1v) is 9.18. The van der Waals surface area contributed by atoms with Crippen LogP contribution >= 0.6 is 0 Å². The third kappa shape index (κ3) is 2.16. The highest BCUT2D eigenvalue weighted by Crippen LogP contribution is 2.60. The second-order valence-corrected chi connectivity index (χ2v) is 8.18. The third-order valence-corrected chi connectivity index (χ3v) is 6.86. The standard InChI is InChI=1S/C23H25FO/c1-13-9-17-19(10-14(13)2)23(18-7-5-6-8-21(18)24)12-16(4)15(3)11-20(23)22(17)25/h5-8,20H,9-12H2,1-4H3/t20-,23-/m0/s1. The zero-order chi connectivity index (χ0) is 17.9. The number of hydrogen-bond donors (Lipinski definition) is 0. The number of allylic oxidation sites excluding steroid dienone is 6. The lowest BCUT2D eigenvalue weighted by atomic mass is 9.59. The molecule has 0 N–H and O–H groups in total. The van der Waals surface area contributed by atoms with Crippen LogP contribution in [0.5, 0.6) is 0 Å². The van der Waals surface area contributed by atoms with Crippen molar-refractivity contribution in [3.05, 3.63) is 69.1 Å². The van der Waals surface area contributed by atoms with Gasteiger partial charge in [0.1, 0.15) is 5.82 Å². The number of carbonyl (C=O) groups is 1. The molecule has 0 radical (unpaired) electrons. The van der Waals surface area contributed by atoms with E-state index in [1.165, 1.54) is 27.9 Å². The second-order valence-electron chi connectivity index (χ2n) is 8.18. The molecule has 0 unspecified atom stereocenters. The van der Waals surface area contributed by atoms with Gasteiger partial charge >= 0.3 is 0 Å². The molecular formula is C23H25FO. The number of rotatable bonds is 1. The van der Waals surface area contributed by atoms with Gasteiger partial charge in [0.15, 0.2) is 5.78 Å². The molecule has 2 atom stereocenters. The van der Waals surface area contributed by atoms with Gasteiger partial charge in [0.25, 0.3) is 0 Å². The highest BCUT2D eigenvalue weighted by molar-refractivity contribution is 6.04. The molecule has 0 amide bonds. The van der Waals surface area contributed by atoms with Crippen LogP contribution < -0.4 is 0 Å². The van der Waals surface area contributed by atoms with Gasteiger partial charge in [-0.25, -0.2) is 4.39 Å². The first kappa shape index (κ1) is 16.5. The number of carbonyl (C=O) groups excluding carboxylic acids is 1. The molecule has 130 valence electrons. The molecule has 0 aliphatic heterocycles. The van der Waals surface area contributed by atoms with E-state index in [-0.39, 0.29) is 17.5 Å². The molecule has 4 rings (SSSR count). The Morgan fingerprint density at radius 3 is 2.36 bits per heavy atom. The lowest BCUT2D eigenvalue weighted by Crippen LogP contribution is -2.40. The molecular weight excluding hydrogens is 311 g/mol. The molecule has 0 fully saturated rings. The maximum absolute atomic E-state index is 14.9. The maximum Gasteiger partial charge on any atom is 0.163 e. The first-order chi connectivity index (χ1) is 11.9. The largest absolute Gasteiger partial charge is 0.294 e. The number of Topliss-reactive ketones (excluding diaryl/α,β-unsaturated/α-hetero) is 1. The van der Waals surface area contributed by atoms with Crippen LogP contribution in [-0.2, 0) is 10.2 Å². The summed E-state index contributed by atoms with van der Waals surface area (Å²) in [5, 5.41) is 0. The van der Waals surface area contributed by atoms with E-state index < -0.39 is 5.41 Å². The average molecular weight is 336 g/mol. The predicted molar refractivity (Wildman–Crippen MR) is 98.8 cm³/mol. The van der Waals surface area contributed by atoms with E-state index >= 15 is 0 Å². The van der Waals surface area contributed by atoms with E-state index in [0.717, 1.165) is 36.8 Å². The lowest BCUT2D eigenvalue weighted by Gasteiger charge is -2.43. The van der Waals surface area contributed by atoms with Crippen molar-refractivity contribution in [3.63, 3.8) is 0 Å². The molecule has 1 aromatic carbocycles. The fourth-order valence-electron chi connectivity index (χ4n) is 5.17. The van der Waals surface area contributed by atoms with Gasteiger partial charge in [0.05, 0.1) is 0 Å². The van der Waals surface area contributed by atoms with Crippen LogP contribution in [0.25, 0.3) is 0 Å². The van der Waals surface area contributed by atoms with Gasteiger partial charge in [0, 0.05) is 11.3 Å². The molecule has 2 heteroatoms. The Morgan fingerprint density at radius 1 is 0.960 bits per heavy atom. The number of halogens is 1. The molecule has 0 heterocycles. The van der Waals surface area contributed by atoms with E-state index in [0.29, 0.717) is 0 Å². The van der Waals surface area contributed by atoms with Gasteiger partial charge in [0.2, 0.25) is 0 Å². The van der Waals surface area contributed by atoms with E-state index in [1.807, 2.05) is 12.1 Å². The Morgan fingerprint density at radius 2 is 1.64 bits per heavy atom. The van der Waals surface area contributed by atoms with Crippen molar-refractivity contribution in [2.45, 2.75) is 58.8 Å². The van der Waals surface area contributed by atoms with Gasteiger partial charge in [-0.2, -0.15) is 0 Å². The molecule has 0 aromatic heterocycles. The summed E-state index contributed by atoms with van der Waals surface area (Å²) in [6.07, 6.45) is 3.07. The van der Waals surface area contributed by atoms with Crippen LogP contribution in [0.3, 0.4) is 0 Å². The summed E-state index contributed by atoms with van der Waals surface area (Å²) < 4.78 is 14.9. The summed E-state index contributed by atoms with van der Waals surface area (Å²) >= 11 is 0. The highest BCUT2D eigenvalue weighted by Gasteiger charge is 2.56. The summed E-state index contributed by atoms with van der Waals surface area (Å²) in [5.41, 5.74) is 7.65. The predicted octanol–water partition coefficient (Wildman–Crippen LogP) is 5.82. The van der Waals surface area contributed by atoms with E-state index in [2.05, 4.69) is 27.7 Å². The monoisotopic (exact) mass is 336 g/mol. The average Bonchev–Trinajstić information content (AvgIpc) is 2.79. The van der Waals surface area contributed by atoms with Gasteiger partial charge in [-0.3, -0.25) is 4.79 Å². The van der Waals surface area contributed by atoms with Gasteiger partial charge in [-0.15, -0.1) is 0 Å². The molecule has 3 aliphatic carbocycles. The number of ketones is 1. The van der Waals surface area contributed by atoms with Gasteiger partial charge < -0.3 is 0 Å². The van der Waals surface area contributed by atoms with Crippen LogP contribution in [0.1, 0.15) is 58.9 Å². The minimum Gasteiger partial charge on any atom is -0.294 e. The molecule has 25 heavy (non-hydrogen) atoms. The summed E-state index contributed by atoms with van der Waals surface area (Å²) in [6.45, 7) is 8.55. The van der Waals surface area contributed by atoms with Gasteiger partial charge in [-0.05, 0) is 76.2 Å². The molecule has 3 aliphatic rings. The molecule has 0 saturated heterocycles. The number of fused-ring (bicyclic) bond motifs is 2. The molecule has 0 bridgehead atoms. The van der Waals surface area contributed by atoms with Crippen LogP contribution in [0.2, 0.25) is 0 Å². The van der Waals surface area contributed by atoms with Crippen molar-refractivity contribution >= 4 is 5.78 Å². The molecule has 1 aromatic rings. The summed E-state index contributed by atoms with van der Waals surface area (Å²) in [5.74, 6) is -0.0564. The molecule has 0 spiro atoms. The summed E-state index contributed by atoms with van der Waals surface area (Å²) in [4.78, 5) is 13.3. The smallest absolute Gasteiger partial charge is 0.163 e. The first-order valence-electron chi connectivity index (χ1n) is 9.18.